The fraction of sp³-hybridized carbons (Fsp3) is 0.296. The van der Waals surface area contributed by atoms with E-state index >= 15 is 0 Å². The zero-order chi connectivity index (χ0) is 22.9. The second-order valence-electron chi connectivity index (χ2n) is 8.37. The van der Waals surface area contributed by atoms with Crippen molar-refractivity contribution in [3.8, 4) is 5.75 Å². The van der Waals surface area contributed by atoms with Crippen LogP contribution in [0.3, 0.4) is 0 Å². The van der Waals surface area contributed by atoms with Gasteiger partial charge in [0, 0.05) is 36.0 Å². The molecule has 4 nitrogen and oxygen atoms in total. The Bertz CT molecular complexity index is 1000. The molecule has 1 fully saturated rings. The highest BCUT2D eigenvalue weighted by atomic mass is 32.2. The molecule has 0 amide bonds. The summed E-state index contributed by atoms with van der Waals surface area (Å²) in [4.78, 5) is 3.64. The Balaban J connectivity index is 1.18. The molecule has 0 atom stereocenters. The number of likely N-dealkylation sites (tertiary alicyclic amines) is 1. The minimum absolute atomic E-state index is 0.324. The van der Waals surface area contributed by atoms with Crippen LogP contribution in [0.2, 0.25) is 0 Å². The van der Waals surface area contributed by atoms with Crippen LogP contribution < -0.4 is 15.4 Å². The lowest BCUT2D eigenvalue weighted by Crippen LogP contribution is -2.35. The average molecular weight is 478 g/mol. The van der Waals surface area contributed by atoms with E-state index in [4.69, 9.17) is 17.0 Å². The standard InChI is InChI=1S/C27H31N3OS2/c1-30-17-15-25(16-18-30)31-24-13-9-21(10-14-24)19-28-27(32)29-23-11-7-22(8-12-23)20-33-26-5-3-2-4-6-26/h2-14,25H,15-20H2,1H3,(H2,28,29,32). The molecule has 3 aromatic rings. The van der Waals surface area contributed by atoms with Crippen LogP contribution >= 0.6 is 24.0 Å². The van der Waals surface area contributed by atoms with E-state index < -0.39 is 0 Å². The molecular weight excluding hydrogens is 446 g/mol. The lowest BCUT2D eigenvalue weighted by atomic mass is 10.1. The van der Waals surface area contributed by atoms with Gasteiger partial charge in [-0.3, -0.25) is 0 Å². The molecule has 1 aliphatic heterocycles. The Hall–Kier alpha value is -2.54. The van der Waals surface area contributed by atoms with Crippen LogP contribution in [-0.2, 0) is 12.3 Å². The van der Waals surface area contributed by atoms with E-state index in [0.717, 1.165) is 43.1 Å². The van der Waals surface area contributed by atoms with E-state index in [2.05, 4.69) is 95.4 Å². The molecule has 1 aliphatic rings. The average Bonchev–Trinajstić information content (AvgIpc) is 2.85. The first-order chi connectivity index (χ1) is 16.1. The highest BCUT2D eigenvalue weighted by Crippen LogP contribution is 2.23. The second-order valence-corrected chi connectivity index (χ2v) is 9.83. The van der Waals surface area contributed by atoms with Gasteiger partial charge < -0.3 is 20.3 Å². The van der Waals surface area contributed by atoms with E-state index in [1.54, 1.807) is 0 Å². The van der Waals surface area contributed by atoms with Crippen LogP contribution in [0.5, 0.6) is 5.75 Å². The van der Waals surface area contributed by atoms with Crippen molar-refractivity contribution in [3.05, 3.63) is 90.0 Å². The lowest BCUT2D eigenvalue weighted by Gasteiger charge is -2.29. The van der Waals surface area contributed by atoms with Gasteiger partial charge in [-0.2, -0.15) is 0 Å². The van der Waals surface area contributed by atoms with E-state index in [1.165, 1.54) is 16.0 Å². The van der Waals surface area contributed by atoms with Gasteiger partial charge in [0.05, 0.1) is 0 Å². The van der Waals surface area contributed by atoms with E-state index in [1.807, 2.05) is 17.8 Å². The van der Waals surface area contributed by atoms with Crippen LogP contribution in [-0.4, -0.2) is 36.3 Å². The summed E-state index contributed by atoms with van der Waals surface area (Å²) in [6.07, 6.45) is 2.50. The van der Waals surface area contributed by atoms with Crippen LogP contribution in [0, 0.1) is 0 Å². The molecule has 0 saturated carbocycles. The summed E-state index contributed by atoms with van der Waals surface area (Å²) in [6.45, 7) is 2.88. The first-order valence-corrected chi connectivity index (χ1v) is 12.8. The van der Waals surface area contributed by atoms with Crippen molar-refractivity contribution in [2.24, 2.45) is 0 Å². The molecule has 4 rings (SSSR count). The van der Waals surface area contributed by atoms with Crippen LogP contribution in [0.1, 0.15) is 24.0 Å². The maximum absolute atomic E-state index is 6.13. The maximum Gasteiger partial charge on any atom is 0.171 e. The number of hydrogen-bond donors (Lipinski definition) is 2. The summed E-state index contributed by atoms with van der Waals surface area (Å²) >= 11 is 7.31. The van der Waals surface area contributed by atoms with Crippen molar-refractivity contribution in [3.63, 3.8) is 0 Å². The molecule has 6 heteroatoms. The molecule has 0 aromatic heterocycles. The van der Waals surface area contributed by atoms with Crippen molar-refractivity contribution in [2.45, 2.75) is 36.1 Å². The highest BCUT2D eigenvalue weighted by Gasteiger charge is 2.17. The third-order valence-electron chi connectivity index (χ3n) is 5.71. The molecule has 33 heavy (non-hydrogen) atoms. The fourth-order valence-electron chi connectivity index (χ4n) is 3.71. The number of nitrogens with one attached hydrogen (secondary N) is 2. The summed E-state index contributed by atoms with van der Waals surface area (Å²) in [5.41, 5.74) is 3.45. The zero-order valence-corrected chi connectivity index (χ0v) is 20.6. The van der Waals surface area contributed by atoms with Crippen LogP contribution in [0.15, 0.2) is 83.8 Å². The van der Waals surface area contributed by atoms with Crippen molar-refractivity contribution in [2.75, 3.05) is 25.5 Å². The van der Waals surface area contributed by atoms with Crippen molar-refractivity contribution in [1.29, 1.82) is 0 Å². The predicted octanol–water partition coefficient (Wildman–Crippen LogP) is 5.94. The Morgan fingerprint density at radius 2 is 1.61 bits per heavy atom. The number of benzene rings is 3. The van der Waals surface area contributed by atoms with E-state index in [0.29, 0.717) is 17.8 Å². The topological polar surface area (TPSA) is 36.5 Å². The fourth-order valence-corrected chi connectivity index (χ4v) is 4.77. The quantitative estimate of drug-likeness (QED) is 0.309. The molecule has 172 valence electrons. The normalized spacial score (nSPS) is 14.6. The first-order valence-electron chi connectivity index (χ1n) is 11.4. The van der Waals surface area contributed by atoms with Crippen molar-refractivity contribution >= 4 is 34.8 Å². The summed E-state index contributed by atoms with van der Waals surface area (Å²) in [5.74, 6) is 1.89. The Morgan fingerprint density at radius 3 is 2.30 bits per heavy atom. The molecule has 0 aliphatic carbocycles. The monoisotopic (exact) mass is 477 g/mol. The number of piperidine rings is 1. The van der Waals surface area contributed by atoms with Crippen molar-refractivity contribution < 1.29 is 4.74 Å². The summed E-state index contributed by atoms with van der Waals surface area (Å²) in [7, 11) is 2.17. The van der Waals surface area contributed by atoms with Gasteiger partial charge in [-0.25, -0.2) is 0 Å². The van der Waals surface area contributed by atoms with Gasteiger partial charge in [-0.05, 0) is 79.6 Å². The molecular formula is C27H31N3OS2. The maximum atomic E-state index is 6.13. The largest absolute Gasteiger partial charge is 0.490 e. The zero-order valence-electron chi connectivity index (χ0n) is 19.0. The minimum atomic E-state index is 0.324. The van der Waals surface area contributed by atoms with Gasteiger partial charge in [0.25, 0.3) is 0 Å². The molecule has 1 saturated heterocycles. The molecule has 2 N–H and O–H groups in total. The predicted molar refractivity (Wildman–Crippen MR) is 143 cm³/mol. The number of thioether (sulfide) groups is 1. The number of ether oxygens (including phenoxy) is 1. The summed E-state index contributed by atoms with van der Waals surface area (Å²) in [5, 5.41) is 7.17. The second kappa shape index (κ2) is 12.1. The lowest BCUT2D eigenvalue weighted by molar-refractivity contribution is 0.114. The smallest absolute Gasteiger partial charge is 0.171 e. The summed E-state index contributed by atoms with van der Waals surface area (Å²) < 4.78 is 6.13. The Kier molecular flexibility index (Phi) is 8.64. The molecule has 3 aromatic carbocycles. The SMILES string of the molecule is CN1CCC(Oc2ccc(CNC(=S)Nc3ccc(CSc4ccccc4)cc3)cc2)CC1. The van der Waals surface area contributed by atoms with Gasteiger partial charge >= 0.3 is 0 Å². The number of anilines is 1. The molecule has 0 spiro atoms. The Labute approximate surface area is 206 Å². The van der Waals surface area contributed by atoms with Crippen molar-refractivity contribution in [1.82, 2.24) is 10.2 Å². The van der Waals surface area contributed by atoms with Gasteiger partial charge in [0.2, 0.25) is 0 Å². The van der Waals surface area contributed by atoms with Gasteiger partial charge in [-0.1, -0.05) is 42.5 Å². The summed E-state index contributed by atoms with van der Waals surface area (Å²) in [6, 6.07) is 27.2. The minimum Gasteiger partial charge on any atom is -0.490 e. The van der Waals surface area contributed by atoms with Gasteiger partial charge in [-0.15, -0.1) is 11.8 Å². The molecule has 1 heterocycles. The molecule has 0 radical (unpaired) electrons. The number of rotatable bonds is 8. The number of hydrogen-bond acceptors (Lipinski definition) is 4. The number of thiocarbonyl (C=S) groups is 1. The first kappa shape index (κ1) is 23.6. The van der Waals surface area contributed by atoms with Crippen LogP contribution in [0.4, 0.5) is 5.69 Å². The molecule has 0 unspecified atom stereocenters. The highest BCUT2D eigenvalue weighted by molar-refractivity contribution is 7.98. The van der Waals surface area contributed by atoms with Crippen LogP contribution in [0.25, 0.3) is 0 Å². The van der Waals surface area contributed by atoms with Gasteiger partial charge in [0.1, 0.15) is 11.9 Å². The third-order valence-corrected chi connectivity index (χ3v) is 7.03. The van der Waals surface area contributed by atoms with E-state index in [9.17, 15) is 0 Å². The Morgan fingerprint density at radius 1 is 0.939 bits per heavy atom. The third kappa shape index (κ3) is 7.77. The number of nitrogens with zero attached hydrogens (tertiary/aromatic N) is 1. The molecule has 0 bridgehead atoms. The van der Waals surface area contributed by atoms with Gasteiger partial charge in [0.15, 0.2) is 5.11 Å². The van der Waals surface area contributed by atoms with E-state index in [-0.39, 0.29) is 0 Å².